The molecule has 8 nitrogen and oxygen atoms in total. The van der Waals surface area contributed by atoms with Gasteiger partial charge in [0.2, 0.25) is 5.91 Å². The van der Waals surface area contributed by atoms with Crippen LogP contribution < -0.4 is 10.6 Å². The summed E-state index contributed by atoms with van der Waals surface area (Å²) in [5.41, 5.74) is 7.47. The molecular weight excluding hydrogens is 496 g/mol. The number of para-hydroxylation sites is 1. The van der Waals surface area contributed by atoms with Crippen LogP contribution in [0.1, 0.15) is 44.9 Å². The number of anilines is 1. The Morgan fingerprint density at radius 3 is 2.63 bits per heavy atom. The third kappa shape index (κ3) is 5.33. The van der Waals surface area contributed by atoms with Crippen molar-refractivity contribution in [3.05, 3.63) is 93.6 Å². The fraction of sp³-hybridized carbons (Fsp3) is 0.207. The van der Waals surface area contributed by atoms with Gasteiger partial charge in [0.15, 0.2) is 0 Å². The van der Waals surface area contributed by atoms with Gasteiger partial charge in [0.25, 0.3) is 5.91 Å². The molecule has 2 N–H and O–H groups in total. The number of thiazole rings is 1. The van der Waals surface area contributed by atoms with E-state index in [2.05, 4.69) is 20.7 Å². The molecule has 5 rings (SSSR count). The van der Waals surface area contributed by atoms with E-state index >= 15 is 0 Å². The first-order chi connectivity index (χ1) is 18.3. The summed E-state index contributed by atoms with van der Waals surface area (Å²) in [6.07, 6.45) is 3.91. The average Bonchev–Trinajstić information content (AvgIpc) is 3.51. The van der Waals surface area contributed by atoms with Crippen molar-refractivity contribution >= 4 is 39.9 Å². The predicted octanol–water partition coefficient (Wildman–Crippen LogP) is 5.38. The number of aryl methyl sites for hydroxylation is 3. The quantitative estimate of drug-likeness (QED) is 0.298. The maximum atomic E-state index is 13.3. The minimum Gasteiger partial charge on any atom is -0.345 e. The molecule has 0 aliphatic carbocycles. The van der Waals surface area contributed by atoms with Crippen LogP contribution >= 0.6 is 11.3 Å². The molecule has 0 fully saturated rings. The number of amides is 2. The lowest BCUT2D eigenvalue weighted by Crippen LogP contribution is -2.27. The molecular formula is C29H28N6O2S. The molecule has 2 aromatic carbocycles. The molecule has 2 amide bonds. The summed E-state index contributed by atoms with van der Waals surface area (Å²) >= 11 is 1.49. The molecule has 0 aliphatic heterocycles. The topological polar surface area (TPSA) is 102 Å². The van der Waals surface area contributed by atoms with Gasteiger partial charge in [-0.15, -0.1) is 11.3 Å². The average molecular weight is 525 g/mol. The molecule has 38 heavy (non-hydrogen) atoms. The van der Waals surface area contributed by atoms with Gasteiger partial charge in [-0.05, 0) is 55.7 Å². The number of aromatic nitrogens is 4. The highest BCUT2D eigenvalue weighted by Crippen LogP contribution is 2.29. The Hall–Kier alpha value is -4.37. The molecule has 192 valence electrons. The first-order valence-electron chi connectivity index (χ1n) is 12.3. The summed E-state index contributed by atoms with van der Waals surface area (Å²) in [4.78, 5) is 35.7. The van der Waals surface area contributed by atoms with E-state index in [0.29, 0.717) is 11.4 Å². The predicted molar refractivity (Wildman–Crippen MR) is 150 cm³/mol. The highest BCUT2D eigenvalue weighted by atomic mass is 32.1. The molecule has 0 bridgehead atoms. The van der Waals surface area contributed by atoms with Crippen LogP contribution in [0.2, 0.25) is 0 Å². The summed E-state index contributed by atoms with van der Waals surface area (Å²) in [5, 5.41) is 11.3. The lowest BCUT2D eigenvalue weighted by atomic mass is 9.99. The van der Waals surface area contributed by atoms with Crippen molar-refractivity contribution in [2.24, 2.45) is 7.05 Å². The van der Waals surface area contributed by atoms with Gasteiger partial charge in [-0.2, -0.15) is 5.10 Å². The third-order valence-corrected chi connectivity index (χ3v) is 7.22. The zero-order chi connectivity index (χ0) is 26.8. The number of fused-ring (bicyclic) bond motifs is 1. The van der Waals surface area contributed by atoms with Gasteiger partial charge in [-0.3, -0.25) is 14.3 Å². The molecule has 0 unspecified atom stereocenters. The SMILES string of the molecule is Cc1cc(CC(=O)Nc2ncsc2C)ccc1C(=O)N[C@H](C)c1cc(-c2cnn(C)c2)nc2ccccc12. The van der Waals surface area contributed by atoms with E-state index in [1.165, 1.54) is 11.3 Å². The van der Waals surface area contributed by atoms with Crippen LogP contribution in [-0.2, 0) is 18.3 Å². The maximum absolute atomic E-state index is 13.3. The molecule has 3 aromatic heterocycles. The first-order valence-corrected chi connectivity index (χ1v) is 13.2. The Morgan fingerprint density at radius 1 is 1.11 bits per heavy atom. The first kappa shape index (κ1) is 25.3. The van der Waals surface area contributed by atoms with Crippen molar-refractivity contribution in [2.45, 2.75) is 33.2 Å². The number of carbonyl (C=O) groups excluding carboxylic acids is 2. The normalized spacial score (nSPS) is 11.9. The summed E-state index contributed by atoms with van der Waals surface area (Å²) < 4.78 is 1.74. The highest BCUT2D eigenvalue weighted by molar-refractivity contribution is 7.10. The Kier molecular flexibility index (Phi) is 7.02. The van der Waals surface area contributed by atoms with E-state index in [1.54, 1.807) is 22.5 Å². The summed E-state index contributed by atoms with van der Waals surface area (Å²) in [6.45, 7) is 5.77. The van der Waals surface area contributed by atoms with Crippen molar-refractivity contribution in [1.82, 2.24) is 25.1 Å². The second kappa shape index (κ2) is 10.5. The zero-order valence-electron chi connectivity index (χ0n) is 21.6. The second-order valence-corrected chi connectivity index (χ2v) is 10.4. The highest BCUT2D eigenvalue weighted by Gasteiger charge is 2.18. The molecule has 0 saturated heterocycles. The van der Waals surface area contributed by atoms with Crippen LogP contribution in [0.25, 0.3) is 22.2 Å². The fourth-order valence-corrected chi connectivity index (χ4v) is 5.02. The lowest BCUT2D eigenvalue weighted by molar-refractivity contribution is -0.115. The fourth-order valence-electron chi connectivity index (χ4n) is 4.49. The third-order valence-electron chi connectivity index (χ3n) is 6.47. The number of benzene rings is 2. The van der Waals surface area contributed by atoms with Crippen molar-refractivity contribution in [3.8, 4) is 11.3 Å². The van der Waals surface area contributed by atoms with Gasteiger partial charge in [0, 0.05) is 34.6 Å². The number of hydrogen-bond acceptors (Lipinski definition) is 6. The molecule has 3 heterocycles. The zero-order valence-corrected chi connectivity index (χ0v) is 22.5. The van der Waals surface area contributed by atoms with Crippen LogP contribution in [-0.4, -0.2) is 31.6 Å². The van der Waals surface area contributed by atoms with E-state index in [1.807, 2.05) is 76.5 Å². The largest absolute Gasteiger partial charge is 0.345 e. The van der Waals surface area contributed by atoms with Crippen LogP contribution in [0.4, 0.5) is 5.82 Å². The number of pyridine rings is 1. The number of carbonyl (C=O) groups is 2. The van der Waals surface area contributed by atoms with E-state index < -0.39 is 0 Å². The van der Waals surface area contributed by atoms with Crippen LogP contribution in [0.15, 0.2) is 66.4 Å². The number of nitrogens with one attached hydrogen (secondary N) is 2. The molecule has 0 spiro atoms. The Balaban J connectivity index is 1.34. The van der Waals surface area contributed by atoms with Gasteiger partial charge < -0.3 is 10.6 Å². The second-order valence-electron chi connectivity index (χ2n) is 9.34. The number of rotatable bonds is 7. The smallest absolute Gasteiger partial charge is 0.252 e. The van der Waals surface area contributed by atoms with Crippen LogP contribution in [0.5, 0.6) is 0 Å². The van der Waals surface area contributed by atoms with E-state index in [0.717, 1.165) is 43.7 Å². The molecule has 0 radical (unpaired) electrons. The molecule has 9 heteroatoms. The number of nitrogens with zero attached hydrogens (tertiary/aromatic N) is 4. The standard InChI is InChI=1S/C29H28N6O2S/c1-17-11-20(12-27(36)34-28-19(3)38-16-30-28)9-10-22(17)29(37)32-18(2)24-13-26(21-14-31-35(4)15-21)33-25-8-6-5-7-23(24)25/h5-11,13-16,18H,12H2,1-4H3,(H,32,37)(H,34,36)/t18-/m1/s1. The van der Waals surface area contributed by atoms with Crippen molar-refractivity contribution in [3.63, 3.8) is 0 Å². The van der Waals surface area contributed by atoms with Crippen molar-refractivity contribution < 1.29 is 9.59 Å². The Labute approximate surface area is 224 Å². The van der Waals surface area contributed by atoms with Gasteiger partial charge in [0.05, 0.1) is 35.4 Å². The molecule has 5 aromatic rings. The van der Waals surface area contributed by atoms with Crippen LogP contribution in [0.3, 0.4) is 0 Å². The van der Waals surface area contributed by atoms with Gasteiger partial charge in [-0.1, -0.05) is 30.3 Å². The lowest BCUT2D eigenvalue weighted by Gasteiger charge is -2.18. The van der Waals surface area contributed by atoms with Crippen molar-refractivity contribution in [2.75, 3.05) is 5.32 Å². The maximum Gasteiger partial charge on any atom is 0.252 e. The summed E-state index contributed by atoms with van der Waals surface area (Å²) in [6, 6.07) is 15.2. The summed E-state index contributed by atoms with van der Waals surface area (Å²) in [7, 11) is 1.87. The van der Waals surface area contributed by atoms with Crippen molar-refractivity contribution in [1.29, 1.82) is 0 Å². The van der Waals surface area contributed by atoms with Gasteiger partial charge >= 0.3 is 0 Å². The molecule has 0 saturated carbocycles. The number of hydrogen-bond donors (Lipinski definition) is 2. The van der Waals surface area contributed by atoms with E-state index in [9.17, 15) is 9.59 Å². The van der Waals surface area contributed by atoms with E-state index in [-0.39, 0.29) is 24.3 Å². The Morgan fingerprint density at radius 2 is 1.92 bits per heavy atom. The molecule has 1 atom stereocenters. The van der Waals surface area contributed by atoms with Crippen LogP contribution in [0, 0.1) is 13.8 Å². The summed E-state index contributed by atoms with van der Waals surface area (Å²) in [5.74, 6) is 0.281. The van der Waals surface area contributed by atoms with Gasteiger partial charge in [-0.25, -0.2) is 9.97 Å². The minimum atomic E-state index is -0.267. The minimum absolute atomic E-state index is 0.141. The van der Waals surface area contributed by atoms with Gasteiger partial charge in [0.1, 0.15) is 5.82 Å². The monoisotopic (exact) mass is 524 g/mol. The Bertz CT molecular complexity index is 1650. The van der Waals surface area contributed by atoms with E-state index in [4.69, 9.17) is 4.98 Å². The molecule has 0 aliphatic rings.